The Kier molecular flexibility index (Phi) is 4.84. The van der Waals surface area contributed by atoms with Gasteiger partial charge in [-0.3, -0.25) is 0 Å². The number of nitrogens with two attached hydrogens (primary N) is 1. The molecule has 0 atom stereocenters. The first-order valence-corrected chi connectivity index (χ1v) is 7.48. The van der Waals surface area contributed by atoms with Gasteiger partial charge >= 0.3 is 0 Å². The Balaban J connectivity index is 2.22. The molecule has 20 heavy (non-hydrogen) atoms. The molecule has 0 saturated heterocycles. The van der Waals surface area contributed by atoms with Crippen LogP contribution in [-0.4, -0.2) is 0 Å². The zero-order valence-electron chi connectivity index (χ0n) is 12.2. The Hall–Kier alpha value is -1.32. The molecule has 0 aliphatic heterocycles. The van der Waals surface area contributed by atoms with Crippen LogP contribution >= 0.6 is 15.9 Å². The van der Waals surface area contributed by atoms with E-state index in [0.29, 0.717) is 13.2 Å². The third-order valence-electron chi connectivity index (χ3n) is 3.20. The summed E-state index contributed by atoms with van der Waals surface area (Å²) in [6, 6.07) is 10.5. The fraction of sp³-hybridized carbons (Fsp3) is 0.294. The molecule has 0 heterocycles. The lowest BCUT2D eigenvalue weighted by Gasteiger charge is -2.14. The van der Waals surface area contributed by atoms with Gasteiger partial charge in [0.2, 0.25) is 0 Å². The van der Waals surface area contributed by atoms with Crippen LogP contribution in [0.15, 0.2) is 34.8 Å². The van der Waals surface area contributed by atoms with Gasteiger partial charge in [-0.05, 0) is 44.0 Å². The number of benzene rings is 2. The van der Waals surface area contributed by atoms with Crippen LogP contribution in [0.2, 0.25) is 0 Å². The van der Waals surface area contributed by atoms with E-state index in [0.717, 1.165) is 21.3 Å². The van der Waals surface area contributed by atoms with Crippen molar-refractivity contribution in [2.24, 2.45) is 5.73 Å². The smallest absolute Gasteiger partial charge is 0.127 e. The van der Waals surface area contributed by atoms with Crippen LogP contribution in [0, 0.1) is 20.8 Å². The standard InChI is InChI=1S/C17H20BrNO/c1-11-4-12(2)6-14(5-11)10-20-17-13(3)7-16(18)8-15(17)9-19/h4-8H,9-10,19H2,1-3H3. The molecule has 3 heteroatoms. The maximum Gasteiger partial charge on any atom is 0.127 e. The van der Waals surface area contributed by atoms with E-state index in [4.69, 9.17) is 10.5 Å². The molecule has 2 nitrogen and oxygen atoms in total. The topological polar surface area (TPSA) is 35.2 Å². The quantitative estimate of drug-likeness (QED) is 0.899. The number of aryl methyl sites for hydroxylation is 3. The molecule has 106 valence electrons. The zero-order valence-corrected chi connectivity index (χ0v) is 13.8. The highest BCUT2D eigenvalue weighted by molar-refractivity contribution is 9.10. The largest absolute Gasteiger partial charge is 0.488 e. The molecule has 0 spiro atoms. The summed E-state index contributed by atoms with van der Waals surface area (Å²) in [6.07, 6.45) is 0. The highest BCUT2D eigenvalue weighted by atomic mass is 79.9. The summed E-state index contributed by atoms with van der Waals surface area (Å²) >= 11 is 3.49. The Morgan fingerprint density at radius 3 is 2.25 bits per heavy atom. The second-order valence-corrected chi connectivity index (χ2v) is 6.12. The summed E-state index contributed by atoms with van der Waals surface area (Å²) in [7, 11) is 0. The van der Waals surface area contributed by atoms with Crippen LogP contribution in [-0.2, 0) is 13.2 Å². The molecule has 0 aliphatic carbocycles. The van der Waals surface area contributed by atoms with Crippen molar-refractivity contribution >= 4 is 15.9 Å². The molecule has 0 saturated carbocycles. The van der Waals surface area contributed by atoms with Crippen LogP contribution in [0.4, 0.5) is 0 Å². The molecule has 2 rings (SSSR count). The Labute approximate surface area is 129 Å². The van der Waals surface area contributed by atoms with Gasteiger partial charge in [0, 0.05) is 16.6 Å². The van der Waals surface area contributed by atoms with Crippen molar-refractivity contribution in [1.82, 2.24) is 0 Å². The Morgan fingerprint density at radius 2 is 1.65 bits per heavy atom. The van der Waals surface area contributed by atoms with E-state index >= 15 is 0 Å². The van der Waals surface area contributed by atoms with Crippen molar-refractivity contribution in [2.75, 3.05) is 0 Å². The van der Waals surface area contributed by atoms with E-state index in [1.54, 1.807) is 0 Å². The molecular formula is C17H20BrNO. The van der Waals surface area contributed by atoms with Gasteiger partial charge in [0.1, 0.15) is 12.4 Å². The first-order chi connectivity index (χ1) is 9.49. The fourth-order valence-electron chi connectivity index (χ4n) is 2.47. The monoisotopic (exact) mass is 333 g/mol. The number of halogens is 1. The Bertz CT molecular complexity index is 602. The number of rotatable bonds is 4. The second-order valence-electron chi connectivity index (χ2n) is 5.20. The third kappa shape index (κ3) is 3.62. The maximum atomic E-state index is 6.01. The van der Waals surface area contributed by atoms with E-state index in [1.807, 2.05) is 13.0 Å². The van der Waals surface area contributed by atoms with Crippen molar-refractivity contribution in [1.29, 1.82) is 0 Å². The lowest BCUT2D eigenvalue weighted by molar-refractivity contribution is 0.300. The fourth-order valence-corrected chi connectivity index (χ4v) is 3.08. The van der Waals surface area contributed by atoms with Gasteiger partial charge in [0.25, 0.3) is 0 Å². The lowest BCUT2D eigenvalue weighted by atomic mass is 10.1. The van der Waals surface area contributed by atoms with Crippen LogP contribution in [0.25, 0.3) is 0 Å². The highest BCUT2D eigenvalue weighted by Crippen LogP contribution is 2.28. The summed E-state index contributed by atoms with van der Waals surface area (Å²) in [5.41, 5.74) is 11.6. The van der Waals surface area contributed by atoms with Gasteiger partial charge < -0.3 is 10.5 Å². The van der Waals surface area contributed by atoms with E-state index < -0.39 is 0 Å². The number of hydrogen-bond donors (Lipinski definition) is 1. The van der Waals surface area contributed by atoms with E-state index in [-0.39, 0.29) is 0 Å². The minimum absolute atomic E-state index is 0.475. The first-order valence-electron chi connectivity index (χ1n) is 6.68. The molecule has 0 unspecified atom stereocenters. The summed E-state index contributed by atoms with van der Waals surface area (Å²) in [6.45, 7) is 7.29. The molecule has 0 aromatic heterocycles. The van der Waals surface area contributed by atoms with Gasteiger partial charge in [-0.25, -0.2) is 0 Å². The van der Waals surface area contributed by atoms with Crippen molar-refractivity contribution < 1.29 is 4.74 Å². The summed E-state index contributed by atoms with van der Waals surface area (Å²) in [5, 5.41) is 0. The van der Waals surface area contributed by atoms with Gasteiger partial charge in [-0.2, -0.15) is 0 Å². The minimum Gasteiger partial charge on any atom is -0.488 e. The molecule has 0 fully saturated rings. The average Bonchev–Trinajstić information content (AvgIpc) is 2.35. The Morgan fingerprint density at radius 1 is 1.00 bits per heavy atom. The molecule has 2 aromatic rings. The molecule has 2 aromatic carbocycles. The maximum absolute atomic E-state index is 6.01. The normalized spacial score (nSPS) is 10.7. The molecule has 2 N–H and O–H groups in total. The van der Waals surface area contributed by atoms with E-state index in [2.05, 4.69) is 54.0 Å². The van der Waals surface area contributed by atoms with Crippen molar-refractivity contribution in [3.63, 3.8) is 0 Å². The van der Waals surface area contributed by atoms with Gasteiger partial charge in [0.15, 0.2) is 0 Å². The first kappa shape index (κ1) is 15.1. The van der Waals surface area contributed by atoms with E-state index in [9.17, 15) is 0 Å². The van der Waals surface area contributed by atoms with Crippen LogP contribution in [0.3, 0.4) is 0 Å². The molecule has 0 bridgehead atoms. The summed E-state index contributed by atoms with van der Waals surface area (Å²) < 4.78 is 7.05. The highest BCUT2D eigenvalue weighted by Gasteiger charge is 2.08. The minimum atomic E-state index is 0.475. The van der Waals surface area contributed by atoms with Crippen molar-refractivity contribution in [3.05, 3.63) is 62.6 Å². The summed E-state index contributed by atoms with van der Waals surface area (Å²) in [4.78, 5) is 0. The molecule has 0 aliphatic rings. The average molecular weight is 334 g/mol. The van der Waals surface area contributed by atoms with Crippen LogP contribution < -0.4 is 10.5 Å². The van der Waals surface area contributed by atoms with Gasteiger partial charge in [-0.15, -0.1) is 0 Å². The van der Waals surface area contributed by atoms with Crippen LogP contribution in [0.1, 0.15) is 27.8 Å². The molecular weight excluding hydrogens is 314 g/mol. The van der Waals surface area contributed by atoms with Gasteiger partial charge in [-0.1, -0.05) is 45.3 Å². The predicted octanol–water partition coefficient (Wildman–Crippen LogP) is 4.41. The van der Waals surface area contributed by atoms with E-state index in [1.165, 1.54) is 16.7 Å². The second kappa shape index (κ2) is 6.42. The van der Waals surface area contributed by atoms with Crippen molar-refractivity contribution in [2.45, 2.75) is 33.9 Å². The SMILES string of the molecule is Cc1cc(C)cc(COc2c(C)cc(Br)cc2CN)c1. The predicted molar refractivity (Wildman–Crippen MR) is 87.0 cm³/mol. The van der Waals surface area contributed by atoms with Gasteiger partial charge in [0.05, 0.1) is 0 Å². The zero-order chi connectivity index (χ0) is 14.7. The molecule has 0 radical (unpaired) electrons. The summed E-state index contributed by atoms with van der Waals surface area (Å²) in [5.74, 6) is 0.898. The van der Waals surface area contributed by atoms with Crippen LogP contribution in [0.5, 0.6) is 5.75 Å². The number of ether oxygens (including phenoxy) is 1. The third-order valence-corrected chi connectivity index (χ3v) is 3.66. The number of hydrogen-bond acceptors (Lipinski definition) is 2. The van der Waals surface area contributed by atoms with Crippen molar-refractivity contribution in [3.8, 4) is 5.75 Å². The lowest BCUT2D eigenvalue weighted by Crippen LogP contribution is -2.05. The molecule has 0 amide bonds.